The molecule has 2 aromatic heterocycles. The molecule has 1 aromatic carbocycles. The molecule has 2 aliphatic rings. The minimum absolute atomic E-state index is 0.0260. The lowest BCUT2D eigenvalue weighted by atomic mass is 10.0. The van der Waals surface area contributed by atoms with Gasteiger partial charge in [0, 0.05) is 28.6 Å². The third-order valence-electron chi connectivity index (χ3n) is 5.38. The highest BCUT2D eigenvalue weighted by atomic mass is 35.5. The molecule has 28 heavy (non-hydrogen) atoms. The van der Waals surface area contributed by atoms with E-state index in [0.29, 0.717) is 10.8 Å². The van der Waals surface area contributed by atoms with E-state index in [9.17, 15) is 4.79 Å². The van der Waals surface area contributed by atoms with E-state index in [-0.39, 0.29) is 12.1 Å². The number of fused-ring (bicyclic) bond motifs is 3. The van der Waals surface area contributed by atoms with Crippen LogP contribution in [-0.2, 0) is 13.0 Å². The summed E-state index contributed by atoms with van der Waals surface area (Å²) in [6.45, 7) is 5.13. The minimum atomic E-state index is -0.379. The van der Waals surface area contributed by atoms with E-state index in [1.54, 1.807) is 11.3 Å². The lowest BCUT2D eigenvalue weighted by Gasteiger charge is -2.27. The van der Waals surface area contributed by atoms with E-state index in [1.807, 2.05) is 36.4 Å². The van der Waals surface area contributed by atoms with Gasteiger partial charge < -0.3 is 15.1 Å². The molecule has 3 aromatic rings. The summed E-state index contributed by atoms with van der Waals surface area (Å²) in [6.07, 6.45) is 0.546. The molecular weight excluding hydrogens is 394 g/mol. The van der Waals surface area contributed by atoms with Crippen molar-refractivity contribution in [1.82, 2.24) is 10.2 Å². The molecule has 0 saturated heterocycles. The number of amides is 1. The number of likely N-dealkylation sites (N-methyl/N-ethyl adjacent to an activating group) is 1. The predicted molar refractivity (Wildman–Crippen MR) is 112 cm³/mol. The van der Waals surface area contributed by atoms with Gasteiger partial charge in [-0.15, -0.1) is 11.3 Å². The molecule has 144 valence electrons. The van der Waals surface area contributed by atoms with Gasteiger partial charge in [-0.2, -0.15) is 0 Å². The maximum absolute atomic E-state index is 12.9. The third-order valence-corrected chi connectivity index (χ3v) is 6.76. The monoisotopic (exact) mass is 413 g/mol. The van der Waals surface area contributed by atoms with Gasteiger partial charge in [-0.3, -0.25) is 9.69 Å². The van der Waals surface area contributed by atoms with Gasteiger partial charge in [0.2, 0.25) is 0 Å². The van der Waals surface area contributed by atoms with E-state index >= 15 is 0 Å². The summed E-state index contributed by atoms with van der Waals surface area (Å²) in [5.41, 5.74) is 2.92. The van der Waals surface area contributed by atoms with E-state index < -0.39 is 0 Å². The lowest BCUT2D eigenvalue weighted by molar-refractivity contribution is 0.0930. The zero-order chi connectivity index (χ0) is 19.3. The van der Waals surface area contributed by atoms with Gasteiger partial charge >= 0.3 is 0 Å². The van der Waals surface area contributed by atoms with Crippen molar-refractivity contribution in [3.8, 4) is 11.3 Å². The Morgan fingerprint density at radius 2 is 2.18 bits per heavy atom. The van der Waals surface area contributed by atoms with Crippen LogP contribution in [0.3, 0.4) is 0 Å². The van der Waals surface area contributed by atoms with E-state index in [4.69, 9.17) is 16.0 Å². The number of benzene rings is 1. The molecule has 0 fully saturated rings. The zero-order valence-electron chi connectivity index (χ0n) is 15.4. The van der Waals surface area contributed by atoms with Crippen LogP contribution in [0.4, 0.5) is 5.00 Å². The summed E-state index contributed by atoms with van der Waals surface area (Å²) in [7, 11) is 0. The number of carbonyl (C=O) groups is 1. The van der Waals surface area contributed by atoms with Crippen LogP contribution in [0.15, 0.2) is 40.8 Å². The second-order valence-corrected chi connectivity index (χ2v) is 8.63. The fraction of sp³-hybridized carbons (Fsp3) is 0.286. The first-order valence-corrected chi connectivity index (χ1v) is 10.6. The molecule has 0 bridgehead atoms. The van der Waals surface area contributed by atoms with Crippen molar-refractivity contribution in [3.05, 3.63) is 63.2 Å². The standard InChI is InChI=1S/C21H20ClN3O2S/c1-2-25-9-8-14-17(11-25)28-21-18(14)20(26)23-19(24-21)16-7-6-15(27-16)12-4-3-5-13(22)10-12/h3-7,10,19,24H,2,8-9,11H2,1H3,(H,23,26)/t19-/m1/s1. The molecule has 0 spiro atoms. The van der Waals surface area contributed by atoms with Crippen molar-refractivity contribution >= 4 is 33.8 Å². The maximum atomic E-state index is 12.9. The topological polar surface area (TPSA) is 57.5 Å². The van der Waals surface area contributed by atoms with Crippen molar-refractivity contribution in [2.75, 3.05) is 18.4 Å². The zero-order valence-corrected chi connectivity index (χ0v) is 17.0. The number of furan rings is 1. The number of nitrogens with one attached hydrogen (secondary N) is 2. The average molecular weight is 414 g/mol. The number of thiophene rings is 1. The molecule has 1 atom stereocenters. The summed E-state index contributed by atoms with van der Waals surface area (Å²) >= 11 is 7.77. The summed E-state index contributed by atoms with van der Waals surface area (Å²) < 4.78 is 6.02. The first-order chi connectivity index (χ1) is 13.6. The fourth-order valence-electron chi connectivity index (χ4n) is 3.89. The number of nitrogens with zero attached hydrogens (tertiary/aromatic N) is 1. The Hall–Kier alpha value is -2.28. The molecule has 0 radical (unpaired) electrons. The van der Waals surface area contributed by atoms with E-state index in [2.05, 4.69) is 22.5 Å². The predicted octanol–water partition coefficient (Wildman–Crippen LogP) is 4.89. The van der Waals surface area contributed by atoms with Gasteiger partial charge in [0.05, 0.1) is 5.56 Å². The van der Waals surface area contributed by atoms with Crippen molar-refractivity contribution in [2.45, 2.75) is 26.1 Å². The minimum Gasteiger partial charge on any atom is -0.457 e. The molecular formula is C21H20ClN3O2S. The van der Waals surface area contributed by atoms with Gasteiger partial charge in [-0.05, 0) is 42.8 Å². The number of anilines is 1. The number of rotatable bonds is 3. The van der Waals surface area contributed by atoms with E-state index in [1.165, 1.54) is 10.4 Å². The van der Waals surface area contributed by atoms with Crippen molar-refractivity contribution in [2.24, 2.45) is 0 Å². The van der Waals surface area contributed by atoms with Crippen LogP contribution in [0.5, 0.6) is 0 Å². The molecule has 2 aliphatic heterocycles. The largest absolute Gasteiger partial charge is 0.457 e. The summed E-state index contributed by atoms with van der Waals surface area (Å²) in [4.78, 5) is 16.6. The number of halogens is 1. The van der Waals surface area contributed by atoms with Gasteiger partial charge in [-0.1, -0.05) is 30.7 Å². The highest BCUT2D eigenvalue weighted by molar-refractivity contribution is 7.16. The summed E-state index contributed by atoms with van der Waals surface area (Å²) in [6, 6.07) is 11.3. The second kappa shape index (κ2) is 6.95. The SMILES string of the molecule is CCN1CCc2c(sc3c2C(=O)N[C@@H](c2ccc(-c4cccc(Cl)c4)o2)N3)C1. The molecule has 0 unspecified atom stereocenters. The Bertz CT molecular complexity index is 1060. The Labute approximate surface area is 172 Å². The molecule has 7 heteroatoms. The number of hydrogen-bond acceptors (Lipinski definition) is 5. The molecule has 0 aliphatic carbocycles. The summed E-state index contributed by atoms with van der Waals surface area (Å²) in [5.74, 6) is 1.38. The Balaban J connectivity index is 1.43. The van der Waals surface area contributed by atoms with Crippen LogP contribution >= 0.6 is 22.9 Å². The van der Waals surface area contributed by atoms with Crippen LogP contribution in [-0.4, -0.2) is 23.9 Å². The van der Waals surface area contributed by atoms with Crippen LogP contribution in [0.1, 0.15) is 39.6 Å². The molecule has 5 rings (SSSR count). The van der Waals surface area contributed by atoms with Crippen molar-refractivity contribution in [1.29, 1.82) is 0 Å². The second-order valence-electron chi connectivity index (χ2n) is 7.09. The first kappa shape index (κ1) is 17.8. The maximum Gasteiger partial charge on any atom is 0.256 e. The van der Waals surface area contributed by atoms with Gasteiger partial charge in [0.15, 0.2) is 6.17 Å². The van der Waals surface area contributed by atoms with Crippen molar-refractivity contribution in [3.63, 3.8) is 0 Å². The normalized spacial score (nSPS) is 18.9. The number of hydrogen-bond donors (Lipinski definition) is 2. The molecule has 2 N–H and O–H groups in total. The highest BCUT2D eigenvalue weighted by Gasteiger charge is 2.34. The van der Waals surface area contributed by atoms with Crippen LogP contribution < -0.4 is 10.6 Å². The fourth-order valence-corrected chi connectivity index (χ4v) is 5.39. The smallest absolute Gasteiger partial charge is 0.256 e. The van der Waals surface area contributed by atoms with Crippen LogP contribution in [0.2, 0.25) is 5.02 Å². The number of carbonyl (C=O) groups excluding carboxylic acids is 1. The van der Waals surface area contributed by atoms with Crippen molar-refractivity contribution < 1.29 is 9.21 Å². The van der Waals surface area contributed by atoms with Crippen LogP contribution in [0, 0.1) is 0 Å². The quantitative estimate of drug-likeness (QED) is 0.641. The molecule has 1 amide bonds. The van der Waals surface area contributed by atoms with Gasteiger partial charge in [-0.25, -0.2) is 0 Å². The molecule has 0 saturated carbocycles. The van der Waals surface area contributed by atoms with Crippen LogP contribution in [0.25, 0.3) is 11.3 Å². The average Bonchev–Trinajstić information content (AvgIpc) is 3.32. The highest BCUT2D eigenvalue weighted by Crippen LogP contribution is 2.41. The molecule has 4 heterocycles. The molecule has 5 nitrogen and oxygen atoms in total. The lowest BCUT2D eigenvalue weighted by Crippen LogP contribution is -2.38. The Morgan fingerprint density at radius 1 is 1.29 bits per heavy atom. The first-order valence-electron chi connectivity index (χ1n) is 9.42. The van der Waals surface area contributed by atoms with Gasteiger partial charge in [0.25, 0.3) is 5.91 Å². The Kier molecular flexibility index (Phi) is 4.42. The van der Waals surface area contributed by atoms with Gasteiger partial charge in [0.1, 0.15) is 16.5 Å². The summed E-state index contributed by atoms with van der Waals surface area (Å²) in [5, 5.41) is 8.11. The Morgan fingerprint density at radius 3 is 3.00 bits per heavy atom. The van der Waals surface area contributed by atoms with E-state index in [0.717, 1.165) is 47.9 Å². The third kappa shape index (κ3) is 3.02.